The zero-order valence-corrected chi connectivity index (χ0v) is 9.44. The van der Waals surface area contributed by atoms with E-state index in [-0.39, 0.29) is 0 Å². The lowest BCUT2D eigenvalue weighted by molar-refractivity contribution is 0.991. The Labute approximate surface area is 94.5 Å². The van der Waals surface area contributed by atoms with Crippen LogP contribution in [0.4, 0.5) is 0 Å². The highest BCUT2D eigenvalue weighted by Gasteiger charge is 2.30. The molecule has 15 heavy (non-hydrogen) atoms. The summed E-state index contributed by atoms with van der Waals surface area (Å²) in [5.74, 6) is 3.07. The third-order valence-electron chi connectivity index (χ3n) is 3.31. The number of rotatable bonds is 1. The molecule has 3 rings (SSSR count). The molecule has 0 radical (unpaired) electrons. The lowest BCUT2D eigenvalue weighted by atomic mass is 9.92. The summed E-state index contributed by atoms with van der Waals surface area (Å²) in [6.45, 7) is 0. The molecule has 1 aliphatic heterocycles. The summed E-state index contributed by atoms with van der Waals surface area (Å²) in [5, 5.41) is 9.14. The molecule has 1 saturated carbocycles. The lowest BCUT2D eigenvalue weighted by Crippen LogP contribution is -2.07. The average Bonchev–Trinajstić information content (AvgIpc) is 3.11. The van der Waals surface area contributed by atoms with Gasteiger partial charge < -0.3 is 0 Å². The fourth-order valence-corrected chi connectivity index (χ4v) is 3.42. The van der Waals surface area contributed by atoms with Gasteiger partial charge in [-0.1, -0.05) is 6.07 Å². The van der Waals surface area contributed by atoms with Crippen molar-refractivity contribution in [3.63, 3.8) is 0 Å². The summed E-state index contributed by atoms with van der Waals surface area (Å²) >= 11 is 2.01. The first-order valence-electron chi connectivity index (χ1n) is 5.52. The van der Waals surface area contributed by atoms with Gasteiger partial charge in [-0.05, 0) is 53.7 Å². The zero-order valence-electron chi connectivity index (χ0n) is 8.62. The highest BCUT2D eigenvalue weighted by Crippen LogP contribution is 2.45. The maximum absolute atomic E-state index is 9.14. The van der Waals surface area contributed by atoms with Gasteiger partial charge >= 0.3 is 0 Å². The van der Waals surface area contributed by atoms with E-state index < -0.39 is 0 Å². The van der Waals surface area contributed by atoms with Crippen LogP contribution in [0.2, 0.25) is 0 Å². The van der Waals surface area contributed by atoms with Gasteiger partial charge in [-0.25, -0.2) is 0 Å². The van der Waals surface area contributed by atoms with E-state index >= 15 is 0 Å². The molecular weight excluding hydrogens is 202 g/mol. The van der Waals surface area contributed by atoms with E-state index in [2.05, 4.69) is 12.1 Å². The molecule has 1 aliphatic carbocycles. The molecule has 76 valence electrons. The Hall–Kier alpha value is -0.940. The van der Waals surface area contributed by atoms with Crippen LogP contribution in [0.5, 0.6) is 0 Å². The smallest absolute Gasteiger partial charge is 0.0994 e. The summed E-state index contributed by atoms with van der Waals surface area (Å²) in [5.41, 5.74) is 5.32. The van der Waals surface area contributed by atoms with E-state index in [1.54, 1.807) is 0 Å². The summed E-state index contributed by atoms with van der Waals surface area (Å²) in [6.07, 6.45) is 3.75. The van der Waals surface area contributed by atoms with Crippen molar-refractivity contribution in [2.45, 2.75) is 30.9 Å². The SMILES string of the molecule is N#Cc1ccc2c(c1C1CC1)CCSC2. The Kier molecular flexibility index (Phi) is 2.21. The molecule has 0 bridgehead atoms. The molecular formula is C13H13NS. The van der Waals surface area contributed by atoms with Crippen LogP contribution in [0.1, 0.15) is 41.0 Å². The molecule has 1 fully saturated rings. The molecule has 0 atom stereocenters. The summed E-state index contributed by atoms with van der Waals surface area (Å²) < 4.78 is 0. The quantitative estimate of drug-likeness (QED) is 0.718. The molecule has 2 aliphatic rings. The van der Waals surface area contributed by atoms with Crippen LogP contribution in [0.15, 0.2) is 12.1 Å². The summed E-state index contributed by atoms with van der Waals surface area (Å²) in [7, 11) is 0. The highest BCUT2D eigenvalue weighted by atomic mass is 32.2. The van der Waals surface area contributed by atoms with Crippen molar-refractivity contribution in [2.75, 3.05) is 5.75 Å². The van der Waals surface area contributed by atoms with Crippen molar-refractivity contribution in [3.05, 3.63) is 34.4 Å². The van der Waals surface area contributed by atoms with Crippen LogP contribution >= 0.6 is 11.8 Å². The Balaban J connectivity index is 2.17. The first-order valence-corrected chi connectivity index (χ1v) is 6.68. The topological polar surface area (TPSA) is 23.8 Å². The molecule has 0 unspecified atom stereocenters. The standard InChI is InChI=1S/C13H13NS/c14-7-10-3-4-11-8-15-6-5-12(11)13(10)9-1-2-9/h3-4,9H,1-2,5-6,8H2. The number of benzene rings is 1. The monoisotopic (exact) mass is 215 g/mol. The molecule has 2 heteroatoms. The van der Waals surface area contributed by atoms with Gasteiger partial charge in [0.15, 0.2) is 0 Å². The van der Waals surface area contributed by atoms with Crippen LogP contribution < -0.4 is 0 Å². The van der Waals surface area contributed by atoms with Crippen LogP contribution in [0.3, 0.4) is 0 Å². The minimum Gasteiger partial charge on any atom is -0.192 e. The molecule has 1 aromatic rings. The highest BCUT2D eigenvalue weighted by molar-refractivity contribution is 7.98. The van der Waals surface area contributed by atoms with Gasteiger partial charge in [-0.3, -0.25) is 0 Å². The second-order valence-corrected chi connectivity index (χ2v) is 5.46. The molecule has 1 nitrogen and oxygen atoms in total. The zero-order chi connectivity index (χ0) is 10.3. The Morgan fingerprint density at radius 3 is 2.93 bits per heavy atom. The minimum atomic E-state index is 0.706. The Morgan fingerprint density at radius 1 is 1.33 bits per heavy atom. The van der Waals surface area contributed by atoms with Gasteiger partial charge in [0.05, 0.1) is 11.6 Å². The molecule has 1 heterocycles. The number of nitrogens with zero attached hydrogens (tertiary/aromatic N) is 1. The fraction of sp³-hybridized carbons (Fsp3) is 0.462. The van der Waals surface area contributed by atoms with Crippen LogP contribution in [0.25, 0.3) is 0 Å². The van der Waals surface area contributed by atoms with E-state index in [1.165, 1.54) is 41.7 Å². The number of fused-ring (bicyclic) bond motifs is 1. The third kappa shape index (κ3) is 1.55. The minimum absolute atomic E-state index is 0.706. The molecule has 1 aromatic carbocycles. The van der Waals surface area contributed by atoms with Crippen molar-refractivity contribution in [1.82, 2.24) is 0 Å². The Morgan fingerprint density at radius 2 is 2.20 bits per heavy atom. The largest absolute Gasteiger partial charge is 0.192 e. The molecule has 0 N–H and O–H groups in total. The van der Waals surface area contributed by atoms with Crippen LogP contribution in [-0.2, 0) is 12.2 Å². The van der Waals surface area contributed by atoms with E-state index in [0.717, 1.165) is 11.3 Å². The van der Waals surface area contributed by atoms with Gasteiger partial charge in [-0.15, -0.1) is 0 Å². The van der Waals surface area contributed by atoms with Crippen molar-refractivity contribution < 1.29 is 0 Å². The van der Waals surface area contributed by atoms with Crippen molar-refractivity contribution in [2.24, 2.45) is 0 Å². The summed E-state index contributed by atoms with van der Waals surface area (Å²) in [6, 6.07) is 6.55. The maximum Gasteiger partial charge on any atom is 0.0994 e. The van der Waals surface area contributed by atoms with Crippen molar-refractivity contribution in [3.8, 4) is 6.07 Å². The Bertz CT molecular complexity index is 441. The second kappa shape index (κ2) is 3.57. The van der Waals surface area contributed by atoms with Crippen LogP contribution in [-0.4, -0.2) is 5.75 Å². The van der Waals surface area contributed by atoms with E-state index in [4.69, 9.17) is 5.26 Å². The van der Waals surface area contributed by atoms with Gasteiger partial charge in [0.25, 0.3) is 0 Å². The predicted octanol–water partition coefficient (Wildman–Crippen LogP) is 3.22. The lowest BCUT2D eigenvalue weighted by Gasteiger charge is -2.20. The number of nitriles is 1. The van der Waals surface area contributed by atoms with Crippen LogP contribution in [0, 0.1) is 11.3 Å². The number of thioether (sulfide) groups is 1. The van der Waals surface area contributed by atoms with E-state index in [9.17, 15) is 0 Å². The van der Waals surface area contributed by atoms with Crippen molar-refractivity contribution in [1.29, 1.82) is 5.26 Å². The number of hydrogen-bond donors (Lipinski definition) is 0. The summed E-state index contributed by atoms with van der Waals surface area (Å²) in [4.78, 5) is 0. The van der Waals surface area contributed by atoms with Gasteiger partial charge in [0.2, 0.25) is 0 Å². The molecule has 0 saturated heterocycles. The third-order valence-corrected chi connectivity index (χ3v) is 4.32. The van der Waals surface area contributed by atoms with E-state index in [1.807, 2.05) is 17.8 Å². The van der Waals surface area contributed by atoms with Gasteiger partial charge in [0.1, 0.15) is 0 Å². The predicted molar refractivity (Wildman–Crippen MR) is 63.0 cm³/mol. The van der Waals surface area contributed by atoms with E-state index in [0.29, 0.717) is 5.92 Å². The van der Waals surface area contributed by atoms with Gasteiger partial charge in [-0.2, -0.15) is 17.0 Å². The molecule has 0 spiro atoms. The first-order chi connectivity index (χ1) is 7.40. The maximum atomic E-state index is 9.14. The average molecular weight is 215 g/mol. The first kappa shape index (κ1) is 9.30. The van der Waals surface area contributed by atoms with Crippen molar-refractivity contribution >= 4 is 11.8 Å². The molecule has 0 aromatic heterocycles. The van der Waals surface area contributed by atoms with Gasteiger partial charge in [0, 0.05) is 5.75 Å². The fourth-order valence-electron chi connectivity index (χ4n) is 2.43. The number of hydrogen-bond acceptors (Lipinski definition) is 2. The normalized spacial score (nSPS) is 19.4. The molecule has 0 amide bonds. The second-order valence-electron chi connectivity index (χ2n) is 4.35.